The van der Waals surface area contributed by atoms with E-state index in [-0.39, 0.29) is 18.7 Å². The topological polar surface area (TPSA) is 55.4 Å². The van der Waals surface area contributed by atoms with E-state index in [0.29, 0.717) is 11.1 Å². The summed E-state index contributed by atoms with van der Waals surface area (Å²) in [4.78, 5) is 24.4. The van der Waals surface area contributed by atoms with Crippen molar-refractivity contribution in [2.75, 3.05) is 6.54 Å². The third-order valence-corrected chi connectivity index (χ3v) is 4.33. The van der Waals surface area contributed by atoms with Crippen LogP contribution in [0.15, 0.2) is 78.9 Å². The second-order valence-corrected chi connectivity index (χ2v) is 6.45. The molecular weight excluding hydrogens is 395 g/mol. The summed E-state index contributed by atoms with van der Waals surface area (Å²) in [6.45, 7) is -0.231. The lowest BCUT2D eigenvalue weighted by Crippen LogP contribution is -2.30. The van der Waals surface area contributed by atoms with Gasteiger partial charge in [0.25, 0.3) is 5.91 Å². The second-order valence-electron chi connectivity index (χ2n) is 6.45. The van der Waals surface area contributed by atoms with Gasteiger partial charge < -0.3 is 10.1 Å². The van der Waals surface area contributed by atoms with Crippen LogP contribution in [0, 0.1) is 0 Å². The molecule has 0 saturated heterocycles. The number of hydrogen-bond acceptors (Lipinski definition) is 3. The summed E-state index contributed by atoms with van der Waals surface area (Å²) in [5.74, 6) is -1.12. The predicted molar refractivity (Wildman–Crippen MR) is 105 cm³/mol. The van der Waals surface area contributed by atoms with Gasteiger partial charge in [0.1, 0.15) is 13.2 Å². The van der Waals surface area contributed by atoms with Gasteiger partial charge in [-0.15, -0.1) is 0 Å². The molecule has 30 heavy (non-hydrogen) atoms. The lowest BCUT2D eigenvalue weighted by Gasteiger charge is -2.12. The molecule has 0 unspecified atom stereocenters. The van der Waals surface area contributed by atoms with Crippen LogP contribution in [0.2, 0.25) is 0 Å². The van der Waals surface area contributed by atoms with Gasteiger partial charge >= 0.3 is 12.1 Å². The van der Waals surface area contributed by atoms with Crippen LogP contribution < -0.4 is 5.32 Å². The van der Waals surface area contributed by atoms with Crippen LogP contribution in [-0.4, -0.2) is 18.4 Å². The van der Waals surface area contributed by atoms with Gasteiger partial charge in [-0.2, -0.15) is 13.2 Å². The number of nitrogens with one attached hydrogen (secondary N) is 1. The smallest absolute Gasteiger partial charge is 0.416 e. The van der Waals surface area contributed by atoms with Crippen LogP contribution in [-0.2, 0) is 22.3 Å². The summed E-state index contributed by atoms with van der Waals surface area (Å²) in [5.41, 5.74) is 1.22. The van der Waals surface area contributed by atoms with Crippen molar-refractivity contribution in [2.24, 2.45) is 0 Å². The van der Waals surface area contributed by atoms with Crippen LogP contribution >= 0.6 is 0 Å². The first-order chi connectivity index (χ1) is 14.3. The Morgan fingerprint density at radius 1 is 0.833 bits per heavy atom. The zero-order chi connectivity index (χ0) is 21.6. The quantitative estimate of drug-likeness (QED) is 0.588. The molecule has 3 rings (SSSR count). The SMILES string of the molecule is O=C(CNC(=O)c1ccccc1-c1ccc(C(F)(F)F)cc1)OCc1ccccc1. The highest BCUT2D eigenvalue weighted by Crippen LogP contribution is 2.31. The van der Waals surface area contributed by atoms with E-state index >= 15 is 0 Å². The molecule has 0 atom stereocenters. The Hall–Kier alpha value is -3.61. The maximum atomic E-state index is 12.8. The molecule has 0 aliphatic rings. The molecule has 0 aliphatic heterocycles. The minimum Gasteiger partial charge on any atom is -0.460 e. The first-order valence-electron chi connectivity index (χ1n) is 9.09. The van der Waals surface area contributed by atoms with Crippen molar-refractivity contribution in [1.82, 2.24) is 5.32 Å². The Bertz CT molecular complexity index is 1020. The summed E-state index contributed by atoms with van der Waals surface area (Å²) in [5, 5.41) is 2.49. The van der Waals surface area contributed by atoms with Gasteiger partial charge in [0.05, 0.1) is 5.56 Å². The minimum absolute atomic E-state index is 0.0949. The normalized spacial score (nSPS) is 11.0. The van der Waals surface area contributed by atoms with Gasteiger partial charge in [-0.3, -0.25) is 9.59 Å². The molecule has 0 fully saturated rings. The van der Waals surface area contributed by atoms with Crippen LogP contribution in [0.1, 0.15) is 21.5 Å². The highest BCUT2D eigenvalue weighted by atomic mass is 19.4. The van der Waals surface area contributed by atoms with E-state index in [1.807, 2.05) is 30.3 Å². The number of alkyl halides is 3. The highest BCUT2D eigenvalue weighted by Gasteiger charge is 2.30. The van der Waals surface area contributed by atoms with E-state index in [1.165, 1.54) is 18.2 Å². The van der Waals surface area contributed by atoms with Crippen LogP contribution in [0.25, 0.3) is 11.1 Å². The Morgan fingerprint density at radius 2 is 1.47 bits per heavy atom. The summed E-state index contributed by atoms with van der Waals surface area (Å²) in [6, 6.07) is 20.1. The van der Waals surface area contributed by atoms with Crippen molar-refractivity contribution in [3.63, 3.8) is 0 Å². The average Bonchev–Trinajstić information content (AvgIpc) is 2.76. The molecular formula is C23H18F3NO3. The Labute approximate surface area is 171 Å². The standard InChI is InChI=1S/C23H18F3NO3/c24-23(25,26)18-12-10-17(11-13-18)19-8-4-5-9-20(19)22(29)27-14-21(28)30-15-16-6-2-1-3-7-16/h1-13H,14-15H2,(H,27,29). The van der Waals surface area contributed by atoms with E-state index in [1.54, 1.807) is 18.2 Å². The first kappa shape index (κ1) is 21.1. The van der Waals surface area contributed by atoms with Gasteiger partial charge in [-0.25, -0.2) is 0 Å². The molecule has 3 aromatic rings. The zero-order valence-electron chi connectivity index (χ0n) is 15.8. The maximum absolute atomic E-state index is 12.8. The first-order valence-corrected chi connectivity index (χ1v) is 9.09. The number of rotatable bonds is 6. The number of carbonyl (C=O) groups excluding carboxylic acids is 2. The number of carbonyl (C=O) groups is 2. The van der Waals surface area contributed by atoms with Crippen molar-refractivity contribution >= 4 is 11.9 Å². The molecule has 0 aromatic heterocycles. The highest BCUT2D eigenvalue weighted by molar-refractivity contribution is 6.01. The zero-order valence-corrected chi connectivity index (χ0v) is 15.8. The lowest BCUT2D eigenvalue weighted by atomic mass is 9.98. The van der Waals surface area contributed by atoms with E-state index < -0.39 is 23.6 Å². The van der Waals surface area contributed by atoms with Crippen molar-refractivity contribution in [1.29, 1.82) is 0 Å². The summed E-state index contributed by atoms with van der Waals surface area (Å²) in [7, 11) is 0. The fraction of sp³-hybridized carbons (Fsp3) is 0.130. The number of hydrogen-bond donors (Lipinski definition) is 1. The molecule has 1 N–H and O–H groups in total. The number of benzene rings is 3. The Balaban J connectivity index is 1.65. The summed E-state index contributed by atoms with van der Waals surface area (Å²) < 4.78 is 43.4. The van der Waals surface area contributed by atoms with Gasteiger partial charge in [0.2, 0.25) is 0 Å². The maximum Gasteiger partial charge on any atom is 0.416 e. The fourth-order valence-electron chi connectivity index (χ4n) is 2.81. The van der Waals surface area contributed by atoms with Gasteiger partial charge in [-0.1, -0.05) is 60.7 Å². The van der Waals surface area contributed by atoms with E-state index in [9.17, 15) is 22.8 Å². The number of esters is 1. The molecule has 0 radical (unpaired) electrons. The van der Waals surface area contributed by atoms with E-state index in [2.05, 4.69) is 5.32 Å². The minimum atomic E-state index is -4.43. The molecule has 0 heterocycles. The van der Waals surface area contributed by atoms with Gasteiger partial charge in [0.15, 0.2) is 0 Å². The molecule has 4 nitrogen and oxygen atoms in total. The van der Waals surface area contributed by atoms with Crippen molar-refractivity contribution in [2.45, 2.75) is 12.8 Å². The largest absolute Gasteiger partial charge is 0.460 e. The van der Waals surface area contributed by atoms with Crippen LogP contribution in [0.3, 0.4) is 0 Å². The van der Waals surface area contributed by atoms with E-state index in [0.717, 1.165) is 17.7 Å². The third kappa shape index (κ3) is 5.47. The molecule has 0 spiro atoms. The van der Waals surface area contributed by atoms with Crippen LogP contribution in [0.4, 0.5) is 13.2 Å². The van der Waals surface area contributed by atoms with E-state index in [4.69, 9.17) is 4.74 Å². The average molecular weight is 413 g/mol. The Kier molecular flexibility index (Phi) is 6.51. The third-order valence-electron chi connectivity index (χ3n) is 4.33. The molecule has 0 aliphatic carbocycles. The summed E-state index contributed by atoms with van der Waals surface area (Å²) in [6.07, 6.45) is -4.43. The van der Waals surface area contributed by atoms with Crippen LogP contribution in [0.5, 0.6) is 0 Å². The number of halogens is 3. The summed E-state index contributed by atoms with van der Waals surface area (Å²) >= 11 is 0. The van der Waals surface area contributed by atoms with Gasteiger partial charge in [-0.05, 0) is 34.9 Å². The van der Waals surface area contributed by atoms with Gasteiger partial charge in [0, 0.05) is 5.56 Å². The molecule has 1 amide bonds. The predicted octanol–water partition coefficient (Wildman–Crippen LogP) is 4.85. The molecule has 7 heteroatoms. The monoisotopic (exact) mass is 413 g/mol. The number of amides is 1. The van der Waals surface area contributed by atoms with Crippen molar-refractivity contribution in [3.05, 3.63) is 95.6 Å². The lowest BCUT2D eigenvalue weighted by molar-refractivity contribution is -0.143. The Morgan fingerprint density at radius 3 is 2.13 bits per heavy atom. The molecule has 154 valence electrons. The number of ether oxygens (including phenoxy) is 1. The molecule has 3 aromatic carbocycles. The second kappa shape index (κ2) is 9.26. The van der Waals surface area contributed by atoms with Crippen molar-refractivity contribution in [3.8, 4) is 11.1 Å². The fourth-order valence-corrected chi connectivity index (χ4v) is 2.81. The van der Waals surface area contributed by atoms with Crippen molar-refractivity contribution < 1.29 is 27.5 Å². The molecule has 0 saturated carbocycles. The molecule has 0 bridgehead atoms.